The minimum Gasteiger partial charge on any atom is -0.493 e. The van der Waals surface area contributed by atoms with Gasteiger partial charge in [0, 0.05) is 6.42 Å². The van der Waals surface area contributed by atoms with Gasteiger partial charge in [0.15, 0.2) is 11.5 Å². The largest absolute Gasteiger partial charge is 0.493 e. The predicted octanol–water partition coefficient (Wildman–Crippen LogP) is 2.45. The average Bonchev–Trinajstić information content (AvgIpc) is 2.25. The topological polar surface area (TPSA) is 44.5 Å². The molecule has 0 aromatic heterocycles. The first kappa shape index (κ1) is 12.8. The highest BCUT2D eigenvalue weighted by Gasteiger charge is 2.03. The Morgan fingerprint density at radius 2 is 2.12 bits per heavy atom. The molecule has 0 bridgehead atoms. The van der Waals surface area contributed by atoms with Crippen LogP contribution < -0.4 is 15.2 Å². The molecular formula is C12H17NO2S. The summed E-state index contributed by atoms with van der Waals surface area (Å²) in [5, 5.41) is 0. The molecule has 0 atom stereocenters. The second-order valence-corrected chi connectivity index (χ2v) is 4.10. The van der Waals surface area contributed by atoms with E-state index in [2.05, 4.69) is 0 Å². The van der Waals surface area contributed by atoms with Crippen LogP contribution >= 0.6 is 12.2 Å². The van der Waals surface area contributed by atoms with Gasteiger partial charge < -0.3 is 15.2 Å². The quantitative estimate of drug-likeness (QED) is 0.612. The van der Waals surface area contributed by atoms with Crippen molar-refractivity contribution in [2.75, 3.05) is 13.7 Å². The Hall–Kier alpha value is -1.29. The van der Waals surface area contributed by atoms with Gasteiger partial charge in [-0.25, -0.2) is 0 Å². The van der Waals surface area contributed by atoms with Crippen LogP contribution in [0.1, 0.15) is 18.4 Å². The van der Waals surface area contributed by atoms with Gasteiger partial charge in [0.05, 0.1) is 18.7 Å². The Bertz CT molecular complexity index is 366. The van der Waals surface area contributed by atoms with Crippen molar-refractivity contribution in [3.05, 3.63) is 23.8 Å². The van der Waals surface area contributed by atoms with Crippen LogP contribution in [0, 0.1) is 6.92 Å². The van der Waals surface area contributed by atoms with Crippen molar-refractivity contribution in [1.82, 2.24) is 0 Å². The Labute approximate surface area is 102 Å². The first-order chi connectivity index (χ1) is 7.63. The van der Waals surface area contributed by atoms with Gasteiger partial charge in [-0.1, -0.05) is 18.3 Å². The number of hydrogen-bond acceptors (Lipinski definition) is 3. The lowest BCUT2D eigenvalue weighted by Crippen LogP contribution is -2.09. The van der Waals surface area contributed by atoms with Crippen LogP contribution in [-0.4, -0.2) is 18.7 Å². The van der Waals surface area contributed by atoms with Crippen LogP contribution in [0.5, 0.6) is 11.5 Å². The van der Waals surface area contributed by atoms with Crippen molar-refractivity contribution in [3.8, 4) is 11.5 Å². The number of hydrogen-bond donors (Lipinski definition) is 1. The van der Waals surface area contributed by atoms with Crippen molar-refractivity contribution in [2.45, 2.75) is 19.8 Å². The maximum atomic E-state index is 5.59. The van der Waals surface area contributed by atoms with Crippen molar-refractivity contribution < 1.29 is 9.47 Å². The van der Waals surface area contributed by atoms with E-state index < -0.39 is 0 Å². The number of methoxy groups -OCH3 is 1. The molecule has 0 heterocycles. The summed E-state index contributed by atoms with van der Waals surface area (Å²) in [6, 6.07) is 5.85. The molecule has 0 aliphatic heterocycles. The number of rotatable bonds is 6. The third kappa shape index (κ3) is 4.06. The highest BCUT2D eigenvalue weighted by atomic mass is 32.1. The van der Waals surface area contributed by atoms with Crippen LogP contribution in [0.2, 0.25) is 0 Å². The maximum Gasteiger partial charge on any atom is 0.161 e. The number of benzene rings is 1. The molecule has 0 amide bonds. The normalized spacial score (nSPS) is 9.88. The fourth-order valence-electron chi connectivity index (χ4n) is 1.32. The summed E-state index contributed by atoms with van der Waals surface area (Å²) in [5.41, 5.74) is 6.54. The molecule has 0 spiro atoms. The lowest BCUT2D eigenvalue weighted by molar-refractivity contribution is 0.291. The first-order valence-corrected chi connectivity index (χ1v) is 5.60. The monoisotopic (exact) mass is 239 g/mol. The highest BCUT2D eigenvalue weighted by Crippen LogP contribution is 2.27. The summed E-state index contributed by atoms with van der Waals surface area (Å²) in [7, 11) is 1.64. The second kappa shape index (κ2) is 6.33. The van der Waals surface area contributed by atoms with Crippen LogP contribution in [0.25, 0.3) is 0 Å². The molecule has 1 rings (SSSR count). The fraction of sp³-hybridized carbons (Fsp3) is 0.417. The number of thiocarbonyl (C=S) groups is 1. The van der Waals surface area contributed by atoms with Crippen molar-refractivity contribution >= 4 is 17.2 Å². The van der Waals surface area contributed by atoms with E-state index in [9.17, 15) is 0 Å². The number of aryl methyl sites for hydroxylation is 1. The first-order valence-electron chi connectivity index (χ1n) is 5.19. The zero-order chi connectivity index (χ0) is 12.0. The molecule has 2 N–H and O–H groups in total. The number of nitrogens with two attached hydrogens (primary N) is 1. The van der Waals surface area contributed by atoms with Gasteiger partial charge in [0.2, 0.25) is 0 Å². The molecule has 1 aromatic carbocycles. The maximum absolute atomic E-state index is 5.59. The van der Waals surface area contributed by atoms with Gasteiger partial charge in [-0.05, 0) is 31.0 Å². The third-order valence-electron chi connectivity index (χ3n) is 2.14. The second-order valence-electron chi connectivity index (χ2n) is 3.57. The Morgan fingerprint density at radius 3 is 2.75 bits per heavy atom. The summed E-state index contributed by atoms with van der Waals surface area (Å²) < 4.78 is 10.8. The Kier molecular flexibility index (Phi) is 5.05. The molecule has 3 nitrogen and oxygen atoms in total. The molecule has 0 fully saturated rings. The zero-order valence-electron chi connectivity index (χ0n) is 9.66. The SMILES string of the molecule is COc1cc(C)ccc1OCCCC(N)=S. The van der Waals surface area contributed by atoms with Gasteiger partial charge in [-0.15, -0.1) is 0 Å². The van der Waals surface area contributed by atoms with Crippen molar-refractivity contribution in [2.24, 2.45) is 5.73 Å². The molecule has 0 radical (unpaired) electrons. The van der Waals surface area contributed by atoms with Crippen LogP contribution in [0.3, 0.4) is 0 Å². The molecule has 0 aliphatic carbocycles. The molecule has 0 unspecified atom stereocenters. The van der Waals surface area contributed by atoms with Crippen LogP contribution in [0.4, 0.5) is 0 Å². The lowest BCUT2D eigenvalue weighted by atomic mass is 10.2. The summed E-state index contributed by atoms with van der Waals surface area (Å²) in [4.78, 5) is 0.527. The van der Waals surface area contributed by atoms with E-state index in [4.69, 9.17) is 27.4 Å². The van der Waals surface area contributed by atoms with E-state index >= 15 is 0 Å². The molecule has 0 saturated heterocycles. The number of ether oxygens (including phenoxy) is 2. The van der Waals surface area contributed by atoms with E-state index in [0.29, 0.717) is 18.0 Å². The minimum atomic E-state index is 0.527. The average molecular weight is 239 g/mol. The molecule has 0 saturated carbocycles. The van der Waals surface area contributed by atoms with Gasteiger partial charge in [-0.3, -0.25) is 0 Å². The van der Waals surface area contributed by atoms with Crippen molar-refractivity contribution in [3.63, 3.8) is 0 Å². The molecule has 0 aliphatic rings. The smallest absolute Gasteiger partial charge is 0.161 e. The minimum absolute atomic E-state index is 0.527. The Balaban J connectivity index is 2.50. The lowest BCUT2D eigenvalue weighted by Gasteiger charge is -2.10. The van der Waals surface area contributed by atoms with Gasteiger partial charge in [0.1, 0.15) is 0 Å². The fourth-order valence-corrected chi connectivity index (χ4v) is 1.47. The van der Waals surface area contributed by atoms with Gasteiger partial charge in [0.25, 0.3) is 0 Å². The highest BCUT2D eigenvalue weighted by molar-refractivity contribution is 7.80. The van der Waals surface area contributed by atoms with E-state index in [1.54, 1.807) is 7.11 Å². The van der Waals surface area contributed by atoms with Gasteiger partial charge >= 0.3 is 0 Å². The van der Waals surface area contributed by atoms with Crippen LogP contribution in [-0.2, 0) is 0 Å². The van der Waals surface area contributed by atoms with Gasteiger partial charge in [-0.2, -0.15) is 0 Å². The molecule has 4 heteroatoms. The summed E-state index contributed by atoms with van der Waals surface area (Å²) in [5.74, 6) is 1.52. The van der Waals surface area contributed by atoms with E-state index in [0.717, 1.165) is 23.5 Å². The summed E-state index contributed by atoms with van der Waals surface area (Å²) >= 11 is 4.79. The standard InChI is InChI=1S/C12H17NO2S/c1-9-5-6-10(11(8-9)14-2)15-7-3-4-12(13)16/h5-6,8H,3-4,7H2,1-2H3,(H2,13,16). The van der Waals surface area contributed by atoms with Crippen LogP contribution in [0.15, 0.2) is 18.2 Å². The third-order valence-corrected chi connectivity index (χ3v) is 2.35. The molecule has 16 heavy (non-hydrogen) atoms. The van der Waals surface area contributed by atoms with Crippen molar-refractivity contribution in [1.29, 1.82) is 0 Å². The van der Waals surface area contributed by atoms with E-state index in [-0.39, 0.29) is 0 Å². The molecule has 88 valence electrons. The zero-order valence-corrected chi connectivity index (χ0v) is 10.5. The summed E-state index contributed by atoms with van der Waals surface area (Å²) in [6.45, 7) is 2.61. The molecule has 1 aromatic rings. The Morgan fingerprint density at radius 1 is 1.38 bits per heavy atom. The van der Waals surface area contributed by atoms with E-state index in [1.807, 2.05) is 25.1 Å². The van der Waals surface area contributed by atoms with E-state index in [1.165, 1.54) is 0 Å². The summed E-state index contributed by atoms with van der Waals surface area (Å²) in [6.07, 6.45) is 1.54. The predicted molar refractivity (Wildman–Crippen MR) is 69.2 cm³/mol. The molecular weight excluding hydrogens is 222 g/mol.